The summed E-state index contributed by atoms with van der Waals surface area (Å²) in [5, 5.41) is 0.595. The van der Waals surface area contributed by atoms with E-state index in [0.717, 1.165) is 23.3 Å². The Morgan fingerprint density at radius 2 is 2.05 bits per heavy atom. The maximum Gasteiger partial charge on any atom is 0.183 e. The molecule has 3 nitrogen and oxygen atoms in total. The molecule has 0 bridgehead atoms. The number of pyridine rings is 1. The molecule has 3 aromatic rings. The van der Waals surface area contributed by atoms with Crippen LogP contribution in [0.2, 0.25) is 5.02 Å². The number of H-pyrrole nitrogens is 1. The Labute approximate surface area is 120 Å². The first-order chi connectivity index (χ1) is 9.19. The Kier molecular flexibility index (Phi) is 3.12. The SMILES string of the molecule is CCc1ccc(-n2c(=S)[nH]c3cc(Cl)cnc32)cc1. The summed E-state index contributed by atoms with van der Waals surface area (Å²) in [6, 6.07) is 10.1. The molecule has 0 saturated carbocycles. The summed E-state index contributed by atoms with van der Waals surface area (Å²) >= 11 is 11.3. The number of hydrogen-bond donors (Lipinski definition) is 1. The number of halogens is 1. The highest BCUT2D eigenvalue weighted by Gasteiger charge is 2.08. The molecule has 1 aromatic carbocycles. The van der Waals surface area contributed by atoms with Crippen molar-refractivity contribution in [3.05, 3.63) is 51.9 Å². The van der Waals surface area contributed by atoms with Crippen molar-refractivity contribution < 1.29 is 0 Å². The standard InChI is InChI=1S/C14H12ClN3S/c1-2-9-3-5-11(6-4-9)18-13-12(17-14(18)19)7-10(15)8-16-13/h3-8H,2H2,1H3,(H,17,19). The van der Waals surface area contributed by atoms with Crippen molar-refractivity contribution in [2.24, 2.45) is 0 Å². The quantitative estimate of drug-likeness (QED) is 0.714. The van der Waals surface area contributed by atoms with Crippen molar-refractivity contribution >= 4 is 35.0 Å². The lowest BCUT2D eigenvalue weighted by Gasteiger charge is -2.05. The lowest BCUT2D eigenvalue weighted by atomic mass is 10.1. The van der Waals surface area contributed by atoms with Crippen molar-refractivity contribution in [2.45, 2.75) is 13.3 Å². The van der Waals surface area contributed by atoms with Crippen molar-refractivity contribution in [2.75, 3.05) is 0 Å². The zero-order valence-corrected chi connectivity index (χ0v) is 11.9. The van der Waals surface area contributed by atoms with Crippen LogP contribution in [0.15, 0.2) is 36.5 Å². The lowest BCUT2D eigenvalue weighted by molar-refractivity contribution is 1.04. The van der Waals surface area contributed by atoms with Gasteiger partial charge in [-0.2, -0.15) is 0 Å². The van der Waals surface area contributed by atoms with Crippen LogP contribution in [0, 0.1) is 4.77 Å². The van der Waals surface area contributed by atoms with Crippen LogP contribution in [-0.4, -0.2) is 14.5 Å². The highest BCUT2D eigenvalue weighted by atomic mass is 35.5. The number of benzene rings is 1. The molecule has 96 valence electrons. The molecule has 0 radical (unpaired) electrons. The van der Waals surface area contributed by atoms with Gasteiger partial charge in [-0.15, -0.1) is 0 Å². The van der Waals surface area contributed by atoms with Gasteiger partial charge in [0.15, 0.2) is 10.4 Å². The molecular formula is C14H12ClN3S. The number of nitrogens with one attached hydrogen (secondary N) is 1. The molecule has 0 spiro atoms. The lowest BCUT2D eigenvalue weighted by Crippen LogP contribution is -1.95. The summed E-state index contributed by atoms with van der Waals surface area (Å²) < 4.78 is 2.54. The number of aromatic amines is 1. The van der Waals surface area contributed by atoms with E-state index >= 15 is 0 Å². The Morgan fingerprint density at radius 1 is 1.32 bits per heavy atom. The smallest absolute Gasteiger partial charge is 0.183 e. The molecule has 19 heavy (non-hydrogen) atoms. The number of rotatable bonds is 2. The topological polar surface area (TPSA) is 33.6 Å². The average molecular weight is 290 g/mol. The minimum Gasteiger partial charge on any atom is -0.329 e. The van der Waals surface area contributed by atoms with E-state index in [1.807, 2.05) is 10.6 Å². The van der Waals surface area contributed by atoms with Gasteiger partial charge in [-0.3, -0.25) is 4.57 Å². The third-order valence-corrected chi connectivity index (χ3v) is 3.58. The number of nitrogens with zero attached hydrogens (tertiary/aromatic N) is 2. The van der Waals surface area contributed by atoms with Gasteiger partial charge >= 0.3 is 0 Å². The second kappa shape index (κ2) is 4.79. The van der Waals surface area contributed by atoms with Gasteiger partial charge in [0, 0.05) is 11.9 Å². The molecule has 0 fully saturated rings. The molecule has 2 heterocycles. The van der Waals surface area contributed by atoms with Crippen molar-refractivity contribution in [1.82, 2.24) is 14.5 Å². The summed E-state index contributed by atoms with van der Waals surface area (Å²) in [4.78, 5) is 7.48. The Hall–Kier alpha value is -1.65. The van der Waals surface area contributed by atoms with Crippen LogP contribution < -0.4 is 0 Å². The molecule has 0 saturated heterocycles. The minimum atomic E-state index is 0.595. The highest BCUT2D eigenvalue weighted by Crippen LogP contribution is 2.20. The summed E-state index contributed by atoms with van der Waals surface area (Å²) in [6.07, 6.45) is 2.65. The normalized spacial score (nSPS) is 11.1. The van der Waals surface area contributed by atoms with E-state index in [1.165, 1.54) is 5.56 Å². The number of fused-ring (bicyclic) bond motifs is 1. The first kappa shape index (κ1) is 12.4. The van der Waals surface area contributed by atoms with E-state index in [0.29, 0.717) is 9.79 Å². The van der Waals surface area contributed by atoms with Crippen molar-refractivity contribution in [3.63, 3.8) is 0 Å². The van der Waals surface area contributed by atoms with Crippen LogP contribution in [0.25, 0.3) is 16.9 Å². The second-order valence-corrected chi connectivity index (χ2v) is 5.13. The molecule has 0 unspecified atom stereocenters. The van der Waals surface area contributed by atoms with Crippen molar-refractivity contribution in [1.29, 1.82) is 0 Å². The molecule has 0 aliphatic rings. The fourth-order valence-electron chi connectivity index (χ4n) is 2.09. The molecule has 0 aliphatic heterocycles. The van der Waals surface area contributed by atoms with Gasteiger partial charge in [0.2, 0.25) is 0 Å². The number of aromatic nitrogens is 3. The van der Waals surface area contributed by atoms with Gasteiger partial charge < -0.3 is 4.98 Å². The van der Waals surface area contributed by atoms with Gasteiger partial charge in [-0.25, -0.2) is 4.98 Å². The Morgan fingerprint density at radius 3 is 2.74 bits per heavy atom. The minimum absolute atomic E-state index is 0.595. The van der Waals surface area contributed by atoms with E-state index in [1.54, 1.807) is 6.20 Å². The molecule has 1 N–H and O–H groups in total. The largest absolute Gasteiger partial charge is 0.329 e. The predicted molar refractivity (Wildman–Crippen MR) is 80.6 cm³/mol. The molecule has 5 heteroatoms. The van der Waals surface area contributed by atoms with Gasteiger partial charge in [0.25, 0.3) is 0 Å². The van der Waals surface area contributed by atoms with E-state index in [2.05, 4.69) is 41.2 Å². The van der Waals surface area contributed by atoms with Gasteiger partial charge in [-0.05, 0) is 42.4 Å². The average Bonchev–Trinajstić information content (AvgIpc) is 2.74. The fourth-order valence-corrected chi connectivity index (χ4v) is 2.55. The monoisotopic (exact) mass is 289 g/mol. The molecule has 0 aliphatic carbocycles. The van der Waals surface area contributed by atoms with Gasteiger partial charge in [0.05, 0.1) is 10.5 Å². The first-order valence-corrected chi connectivity index (χ1v) is 6.83. The van der Waals surface area contributed by atoms with E-state index < -0.39 is 0 Å². The summed E-state index contributed by atoms with van der Waals surface area (Å²) in [5.74, 6) is 0. The Balaban J connectivity index is 2.23. The first-order valence-electron chi connectivity index (χ1n) is 6.04. The maximum atomic E-state index is 5.94. The summed E-state index contributed by atoms with van der Waals surface area (Å²) in [7, 11) is 0. The molecule has 0 atom stereocenters. The molecule has 3 rings (SSSR count). The van der Waals surface area contributed by atoms with Crippen LogP contribution in [-0.2, 0) is 6.42 Å². The van der Waals surface area contributed by atoms with Gasteiger partial charge in [-0.1, -0.05) is 30.7 Å². The summed E-state index contributed by atoms with van der Waals surface area (Å²) in [6.45, 7) is 2.13. The van der Waals surface area contributed by atoms with Crippen LogP contribution >= 0.6 is 23.8 Å². The third kappa shape index (κ3) is 2.17. The second-order valence-electron chi connectivity index (χ2n) is 4.31. The fraction of sp³-hybridized carbons (Fsp3) is 0.143. The van der Waals surface area contributed by atoms with Crippen LogP contribution in [0.5, 0.6) is 0 Å². The van der Waals surface area contributed by atoms with E-state index in [4.69, 9.17) is 23.8 Å². The Bertz CT molecular complexity index is 787. The van der Waals surface area contributed by atoms with Crippen LogP contribution in [0.3, 0.4) is 0 Å². The molecular weight excluding hydrogens is 278 g/mol. The predicted octanol–water partition coefficient (Wildman–Crippen LogP) is 4.30. The third-order valence-electron chi connectivity index (χ3n) is 3.09. The zero-order valence-electron chi connectivity index (χ0n) is 10.4. The van der Waals surface area contributed by atoms with Gasteiger partial charge in [0.1, 0.15) is 0 Å². The van der Waals surface area contributed by atoms with Crippen LogP contribution in [0.1, 0.15) is 12.5 Å². The van der Waals surface area contributed by atoms with E-state index in [9.17, 15) is 0 Å². The number of hydrogen-bond acceptors (Lipinski definition) is 2. The van der Waals surface area contributed by atoms with E-state index in [-0.39, 0.29) is 0 Å². The number of imidazole rings is 1. The molecule has 0 amide bonds. The summed E-state index contributed by atoms with van der Waals surface area (Å²) in [5.41, 5.74) is 3.94. The van der Waals surface area contributed by atoms with Crippen molar-refractivity contribution in [3.8, 4) is 5.69 Å². The number of aryl methyl sites for hydroxylation is 1. The zero-order chi connectivity index (χ0) is 13.4. The molecule has 2 aromatic heterocycles. The maximum absolute atomic E-state index is 5.94. The van der Waals surface area contributed by atoms with Crippen LogP contribution in [0.4, 0.5) is 0 Å². The highest BCUT2D eigenvalue weighted by molar-refractivity contribution is 7.71.